The lowest BCUT2D eigenvalue weighted by molar-refractivity contribution is -0.136. The summed E-state index contributed by atoms with van der Waals surface area (Å²) in [7, 11) is 0. The van der Waals surface area contributed by atoms with Crippen LogP contribution in [0.15, 0.2) is 29.6 Å². The van der Waals surface area contributed by atoms with Gasteiger partial charge in [-0.15, -0.1) is 11.3 Å². The van der Waals surface area contributed by atoms with Crippen LogP contribution in [0.5, 0.6) is 5.75 Å². The normalized spacial score (nSPS) is 10.8. The number of fused-ring (bicyclic) bond motifs is 1. The zero-order valence-corrected chi connectivity index (χ0v) is 14.7. The number of hydrogen-bond donors (Lipinski definition) is 1. The average molecular weight is 355 g/mol. The molecule has 0 atom stereocenters. The summed E-state index contributed by atoms with van der Waals surface area (Å²) in [5, 5.41) is 11.5. The maximum Gasteiger partial charge on any atom is 0.307 e. The summed E-state index contributed by atoms with van der Waals surface area (Å²) in [6.07, 6.45) is 0.640. The minimum atomic E-state index is -0.917. The van der Waals surface area contributed by atoms with Crippen molar-refractivity contribution in [3.8, 4) is 5.75 Å². The number of carboxylic acids is 1. The van der Waals surface area contributed by atoms with Crippen molar-refractivity contribution >= 4 is 33.7 Å². The van der Waals surface area contributed by atoms with Crippen LogP contribution in [0.1, 0.15) is 32.9 Å². The molecule has 3 rings (SSSR count). The Morgan fingerprint density at radius 2 is 2.08 bits per heavy atom. The van der Waals surface area contributed by atoms with E-state index >= 15 is 0 Å². The summed E-state index contributed by atoms with van der Waals surface area (Å²) in [4.78, 5) is 26.9. The van der Waals surface area contributed by atoms with Gasteiger partial charge in [-0.2, -0.15) is 0 Å². The van der Waals surface area contributed by atoms with Crippen LogP contribution in [-0.4, -0.2) is 22.3 Å². The molecule has 25 heavy (non-hydrogen) atoms. The third-order valence-corrected chi connectivity index (χ3v) is 4.93. The maximum absolute atomic E-state index is 11.5. The molecule has 0 aliphatic rings. The molecule has 5 nitrogen and oxygen atoms in total. The topological polar surface area (TPSA) is 76.5 Å². The third kappa shape index (κ3) is 3.69. The van der Waals surface area contributed by atoms with Crippen LogP contribution < -0.4 is 4.74 Å². The number of rotatable bonds is 6. The number of nitrogens with zero attached hydrogens (tertiary/aromatic N) is 1. The summed E-state index contributed by atoms with van der Waals surface area (Å²) < 4.78 is 6.69. The Morgan fingerprint density at radius 1 is 1.28 bits per heavy atom. The molecule has 6 heteroatoms. The van der Waals surface area contributed by atoms with Crippen LogP contribution in [0.4, 0.5) is 0 Å². The molecule has 0 spiro atoms. The zero-order chi connectivity index (χ0) is 18.0. The Morgan fingerprint density at radius 3 is 2.76 bits per heavy atom. The molecule has 3 aromatic rings. The number of thiophene rings is 1. The van der Waals surface area contributed by atoms with Crippen molar-refractivity contribution in [2.75, 3.05) is 0 Å². The number of carboxylic acid groups (broad SMARTS) is 1. The lowest BCUT2D eigenvalue weighted by atomic mass is 10.0. The van der Waals surface area contributed by atoms with Gasteiger partial charge in [0.2, 0.25) is 0 Å². The van der Waals surface area contributed by atoms with E-state index < -0.39 is 5.97 Å². The van der Waals surface area contributed by atoms with E-state index in [0.29, 0.717) is 28.9 Å². The monoisotopic (exact) mass is 355 g/mol. The van der Waals surface area contributed by atoms with Gasteiger partial charge in [0.1, 0.15) is 12.4 Å². The minimum Gasteiger partial charge on any atom is -0.489 e. The van der Waals surface area contributed by atoms with Crippen LogP contribution in [0.2, 0.25) is 0 Å². The van der Waals surface area contributed by atoms with Gasteiger partial charge in [-0.05, 0) is 43.0 Å². The predicted octanol–water partition coefficient (Wildman–Crippen LogP) is 3.93. The SMILES string of the molecule is Cc1ccc(COc2cc(C=O)c3c(CC(=O)O)csc3c2)c(C)n1. The summed E-state index contributed by atoms with van der Waals surface area (Å²) in [6.45, 7) is 4.23. The molecule has 0 aliphatic heterocycles. The van der Waals surface area contributed by atoms with Crippen LogP contribution in [-0.2, 0) is 17.8 Å². The number of ether oxygens (including phenoxy) is 1. The molecule has 0 saturated heterocycles. The number of pyridine rings is 1. The van der Waals surface area contributed by atoms with Crippen molar-refractivity contribution in [1.29, 1.82) is 0 Å². The van der Waals surface area contributed by atoms with Crippen LogP contribution >= 0.6 is 11.3 Å². The van der Waals surface area contributed by atoms with Gasteiger partial charge in [0.15, 0.2) is 6.29 Å². The minimum absolute atomic E-state index is 0.102. The standard InChI is InChI=1S/C19H17NO4S/c1-11-3-4-13(12(2)20-11)9-24-16-5-14(8-21)19-15(6-18(22)23)10-25-17(19)7-16/h3-5,7-8,10H,6,9H2,1-2H3,(H,22,23). The fourth-order valence-electron chi connectivity index (χ4n) is 2.74. The van der Waals surface area contributed by atoms with Gasteiger partial charge in [0, 0.05) is 32.6 Å². The zero-order valence-electron chi connectivity index (χ0n) is 13.9. The van der Waals surface area contributed by atoms with E-state index in [0.717, 1.165) is 27.9 Å². The Hall–Kier alpha value is -2.73. The average Bonchev–Trinajstić information content (AvgIpc) is 2.95. The molecule has 0 saturated carbocycles. The highest BCUT2D eigenvalue weighted by Crippen LogP contribution is 2.33. The van der Waals surface area contributed by atoms with Crippen LogP contribution in [0.25, 0.3) is 10.1 Å². The smallest absolute Gasteiger partial charge is 0.307 e. The van der Waals surface area contributed by atoms with Crippen molar-refractivity contribution in [3.63, 3.8) is 0 Å². The molecule has 128 valence electrons. The maximum atomic E-state index is 11.5. The van der Waals surface area contributed by atoms with Crippen molar-refractivity contribution in [1.82, 2.24) is 4.98 Å². The number of aryl methyl sites for hydroxylation is 2. The third-order valence-electron chi connectivity index (χ3n) is 3.95. The first-order chi connectivity index (χ1) is 12.0. The Bertz CT molecular complexity index is 961. The summed E-state index contributed by atoms with van der Waals surface area (Å²) >= 11 is 1.41. The second-order valence-corrected chi connectivity index (χ2v) is 6.73. The van der Waals surface area contributed by atoms with E-state index in [-0.39, 0.29) is 6.42 Å². The first-order valence-corrected chi connectivity index (χ1v) is 8.63. The number of aldehydes is 1. The molecule has 0 fully saturated rings. The highest BCUT2D eigenvalue weighted by Gasteiger charge is 2.14. The number of carbonyl (C=O) groups is 2. The summed E-state index contributed by atoms with van der Waals surface area (Å²) in [5.74, 6) is -0.336. The van der Waals surface area contributed by atoms with Crippen molar-refractivity contribution in [2.45, 2.75) is 26.9 Å². The van der Waals surface area contributed by atoms with Gasteiger partial charge >= 0.3 is 5.97 Å². The van der Waals surface area contributed by atoms with Crippen molar-refractivity contribution < 1.29 is 19.4 Å². The van der Waals surface area contributed by atoms with Gasteiger partial charge < -0.3 is 9.84 Å². The van der Waals surface area contributed by atoms with Gasteiger partial charge in [-0.25, -0.2) is 0 Å². The van der Waals surface area contributed by atoms with Gasteiger partial charge in [-0.1, -0.05) is 6.07 Å². The second-order valence-electron chi connectivity index (χ2n) is 5.82. The summed E-state index contributed by atoms with van der Waals surface area (Å²) in [6, 6.07) is 7.41. The van der Waals surface area contributed by atoms with E-state index in [4.69, 9.17) is 9.84 Å². The quantitative estimate of drug-likeness (QED) is 0.678. The number of aliphatic carboxylic acids is 1. The number of aromatic nitrogens is 1. The number of hydrogen-bond acceptors (Lipinski definition) is 5. The molecule has 1 aromatic carbocycles. The first kappa shape index (κ1) is 17.1. The first-order valence-electron chi connectivity index (χ1n) is 7.75. The van der Waals surface area contributed by atoms with E-state index in [1.807, 2.05) is 32.0 Å². The van der Waals surface area contributed by atoms with Crippen LogP contribution in [0, 0.1) is 13.8 Å². The van der Waals surface area contributed by atoms with E-state index in [1.54, 1.807) is 11.4 Å². The Labute approximate surface area is 148 Å². The van der Waals surface area contributed by atoms with Crippen molar-refractivity contribution in [2.24, 2.45) is 0 Å². The molecule has 2 heterocycles. The van der Waals surface area contributed by atoms with E-state index in [1.165, 1.54) is 11.3 Å². The highest BCUT2D eigenvalue weighted by molar-refractivity contribution is 7.17. The lowest BCUT2D eigenvalue weighted by Gasteiger charge is -2.10. The fourth-order valence-corrected chi connectivity index (χ4v) is 3.76. The van der Waals surface area contributed by atoms with E-state index in [9.17, 15) is 9.59 Å². The van der Waals surface area contributed by atoms with Gasteiger partial charge in [0.05, 0.1) is 6.42 Å². The van der Waals surface area contributed by atoms with E-state index in [2.05, 4.69) is 4.98 Å². The number of benzene rings is 1. The molecular formula is C19H17NO4S. The number of carbonyl (C=O) groups excluding carboxylic acids is 1. The molecule has 2 aromatic heterocycles. The Balaban J connectivity index is 1.90. The van der Waals surface area contributed by atoms with Gasteiger partial charge in [0.25, 0.3) is 0 Å². The molecule has 0 amide bonds. The fraction of sp³-hybridized carbons (Fsp3) is 0.211. The summed E-state index contributed by atoms with van der Waals surface area (Å²) in [5.41, 5.74) is 3.95. The molecule has 0 bridgehead atoms. The predicted molar refractivity (Wildman–Crippen MR) is 96.6 cm³/mol. The molecular weight excluding hydrogens is 338 g/mol. The molecule has 0 unspecified atom stereocenters. The lowest BCUT2D eigenvalue weighted by Crippen LogP contribution is -2.02. The molecule has 0 aliphatic carbocycles. The molecule has 1 N–H and O–H groups in total. The largest absolute Gasteiger partial charge is 0.489 e. The van der Waals surface area contributed by atoms with Gasteiger partial charge in [-0.3, -0.25) is 14.6 Å². The Kier molecular flexibility index (Phi) is 4.81. The van der Waals surface area contributed by atoms with Crippen molar-refractivity contribution in [3.05, 3.63) is 57.7 Å². The van der Waals surface area contributed by atoms with Crippen LogP contribution in [0.3, 0.4) is 0 Å². The second kappa shape index (κ2) is 7.03. The highest BCUT2D eigenvalue weighted by atomic mass is 32.1. The molecule has 0 radical (unpaired) electrons.